The van der Waals surface area contributed by atoms with Gasteiger partial charge in [0.25, 0.3) is 5.91 Å². The summed E-state index contributed by atoms with van der Waals surface area (Å²) >= 11 is 3.43. The topological polar surface area (TPSA) is 49.4 Å². The van der Waals surface area contributed by atoms with Crippen molar-refractivity contribution in [1.29, 1.82) is 0 Å². The maximum absolute atomic E-state index is 12.8. The number of rotatable bonds is 7. The fraction of sp³-hybridized carbons (Fsp3) is 0.364. The first kappa shape index (κ1) is 18.2. The quantitative estimate of drug-likeness (QED) is 0.724. The molecule has 0 atom stereocenters. The molecule has 0 saturated heterocycles. The first-order chi connectivity index (χ1) is 13.1. The molecule has 4 rings (SSSR count). The molecule has 0 aromatic heterocycles. The minimum absolute atomic E-state index is 0.00517. The molecule has 2 amide bonds. The third kappa shape index (κ3) is 4.98. The smallest absolute Gasteiger partial charge is 0.251 e. The van der Waals surface area contributed by atoms with Crippen LogP contribution in [-0.2, 0) is 17.8 Å². The Morgan fingerprint density at radius 3 is 2.15 bits per heavy atom. The average Bonchev–Trinajstić information content (AvgIpc) is 3.57. The van der Waals surface area contributed by atoms with Crippen molar-refractivity contribution in [2.24, 2.45) is 0 Å². The number of amides is 2. The van der Waals surface area contributed by atoms with Crippen molar-refractivity contribution < 1.29 is 9.59 Å². The van der Waals surface area contributed by atoms with E-state index < -0.39 is 0 Å². The van der Waals surface area contributed by atoms with Crippen LogP contribution in [0.1, 0.15) is 47.2 Å². The molecular formula is C22H23BrN2O2. The summed E-state index contributed by atoms with van der Waals surface area (Å²) in [6.45, 7) is 0.602. The van der Waals surface area contributed by atoms with Gasteiger partial charge in [0, 0.05) is 28.7 Å². The summed E-state index contributed by atoms with van der Waals surface area (Å²) in [6, 6.07) is 16.3. The van der Waals surface area contributed by atoms with Gasteiger partial charge in [0.1, 0.15) is 0 Å². The van der Waals surface area contributed by atoms with Crippen molar-refractivity contribution in [2.45, 2.75) is 50.7 Å². The molecule has 0 spiro atoms. The Labute approximate surface area is 168 Å². The molecule has 0 radical (unpaired) electrons. The predicted molar refractivity (Wildman–Crippen MR) is 108 cm³/mol. The lowest BCUT2D eigenvalue weighted by Crippen LogP contribution is -2.33. The Balaban J connectivity index is 1.39. The van der Waals surface area contributed by atoms with Crippen molar-refractivity contribution in [2.75, 3.05) is 0 Å². The van der Waals surface area contributed by atoms with Crippen LogP contribution in [0.2, 0.25) is 0 Å². The Hall–Kier alpha value is -2.14. The summed E-state index contributed by atoms with van der Waals surface area (Å²) in [7, 11) is 0. The summed E-state index contributed by atoms with van der Waals surface area (Å²) in [5.74, 6) is 0.157. The van der Waals surface area contributed by atoms with E-state index in [2.05, 4.69) is 21.2 Å². The molecule has 140 valence electrons. The van der Waals surface area contributed by atoms with Gasteiger partial charge >= 0.3 is 0 Å². The van der Waals surface area contributed by atoms with E-state index in [4.69, 9.17) is 0 Å². The fourth-order valence-electron chi connectivity index (χ4n) is 3.14. The summed E-state index contributed by atoms with van der Waals surface area (Å²) in [4.78, 5) is 26.9. The van der Waals surface area contributed by atoms with Crippen molar-refractivity contribution >= 4 is 27.7 Å². The predicted octanol–water partition coefficient (Wildman–Crippen LogP) is 4.08. The molecule has 0 unspecified atom stereocenters. The van der Waals surface area contributed by atoms with E-state index in [9.17, 15) is 9.59 Å². The molecule has 4 nitrogen and oxygen atoms in total. The van der Waals surface area contributed by atoms with Crippen LogP contribution in [0.5, 0.6) is 0 Å². The number of hydrogen-bond acceptors (Lipinski definition) is 2. The number of nitrogens with zero attached hydrogens (tertiary/aromatic N) is 1. The molecule has 2 aromatic carbocycles. The van der Waals surface area contributed by atoms with Crippen LogP contribution in [0.15, 0.2) is 53.0 Å². The fourth-order valence-corrected chi connectivity index (χ4v) is 3.40. The molecule has 27 heavy (non-hydrogen) atoms. The second-order valence-electron chi connectivity index (χ2n) is 7.50. The van der Waals surface area contributed by atoms with Crippen molar-refractivity contribution in [3.63, 3.8) is 0 Å². The molecule has 1 N–H and O–H groups in total. The van der Waals surface area contributed by atoms with Crippen molar-refractivity contribution in [1.82, 2.24) is 10.2 Å². The molecule has 2 aliphatic carbocycles. The van der Waals surface area contributed by atoms with E-state index in [1.807, 2.05) is 53.4 Å². The van der Waals surface area contributed by atoms with E-state index in [-0.39, 0.29) is 11.8 Å². The first-order valence-corrected chi connectivity index (χ1v) is 10.3. The molecule has 5 heteroatoms. The van der Waals surface area contributed by atoms with Gasteiger partial charge in [-0.25, -0.2) is 0 Å². The maximum atomic E-state index is 12.8. The van der Waals surface area contributed by atoms with Crippen LogP contribution in [0, 0.1) is 0 Å². The third-order valence-corrected chi connectivity index (χ3v) is 5.59. The summed E-state index contributed by atoms with van der Waals surface area (Å²) in [6.07, 6.45) is 4.74. The van der Waals surface area contributed by atoms with Gasteiger partial charge in [-0.1, -0.05) is 40.2 Å². The molecule has 0 heterocycles. The Morgan fingerprint density at radius 2 is 1.56 bits per heavy atom. The highest BCUT2D eigenvalue weighted by Gasteiger charge is 2.32. The van der Waals surface area contributed by atoms with Crippen LogP contribution in [0.25, 0.3) is 0 Å². The highest BCUT2D eigenvalue weighted by Crippen LogP contribution is 2.29. The Morgan fingerprint density at radius 1 is 0.926 bits per heavy atom. The van der Waals surface area contributed by atoms with Crippen LogP contribution in [-0.4, -0.2) is 28.8 Å². The maximum Gasteiger partial charge on any atom is 0.251 e. The highest BCUT2D eigenvalue weighted by molar-refractivity contribution is 9.10. The van der Waals surface area contributed by atoms with E-state index in [1.54, 1.807) is 0 Å². The number of carbonyl (C=O) groups excluding carboxylic acids is 2. The zero-order chi connectivity index (χ0) is 18.8. The normalized spacial score (nSPS) is 16.0. The van der Waals surface area contributed by atoms with Crippen LogP contribution in [0.3, 0.4) is 0 Å². The number of halogens is 1. The molecular weight excluding hydrogens is 404 g/mol. The van der Waals surface area contributed by atoms with Crippen LogP contribution in [0.4, 0.5) is 0 Å². The van der Waals surface area contributed by atoms with Gasteiger partial charge < -0.3 is 10.2 Å². The molecule has 2 saturated carbocycles. The lowest BCUT2D eigenvalue weighted by molar-refractivity contribution is -0.131. The second kappa shape index (κ2) is 7.85. The van der Waals surface area contributed by atoms with Gasteiger partial charge in [-0.05, 0) is 61.1 Å². The zero-order valence-corrected chi connectivity index (χ0v) is 16.7. The highest BCUT2D eigenvalue weighted by atomic mass is 79.9. The SMILES string of the molecule is O=C(NC1CC1)c1ccc(CN(C(=O)Cc2ccc(Br)cc2)C2CC2)cc1. The standard InChI is InChI=1S/C22H23BrN2O2/c23-18-7-3-15(4-8-18)13-21(26)25(20-11-12-20)14-16-1-5-17(6-2-16)22(27)24-19-9-10-19/h1-8,19-20H,9-14H2,(H,24,27). The molecule has 0 aliphatic heterocycles. The van der Waals surface area contributed by atoms with E-state index in [1.165, 1.54) is 0 Å². The van der Waals surface area contributed by atoms with Crippen molar-refractivity contribution in [3.05, 3.63) is 69.7 Å². The molecule has 2 fully saturated rings. The van der Waals surface area contributed by atoms with Gasteiger partial charge in [-0.3, -0.25) is 9.59 Å². The van der Waals surface area contributed by atoms with Gasteiger partial charge in [0.15, 0.2) is 0 Å². The Kier molecular flexibility index (Phi) is 5.30. The van der Waals surface area contributed by atoms with Crippen LogP contribution < -0.4 is 5.32 Å². The number of benzene rings is 2. The van der Waals surface area contributed by atoms with Gasteiger partial charge in [-0.2, -0.15) is 0 Å². The number of hydrogen-bond donors (Lipinski definition) is 1. The van der Waals surface area contributed by atoms with Gasteiger partial charge in [0.2, 0.25) is 5.91 Å². The van der Waals surface area contributed by atoms with Gasteiger partial charge in [0.05, 0.1) is 6.42 Å². The summed E-state index contributed by atoms with van der Waals surface area (Å²) in [5.41, 5.74) is 2.78. The van der Waals surface area contributed by atoms with E-state index >= 15 is 0 Å². The van der Waals surface area contributed by atoms with E-state index in [0.29, 0.717) is 30.6 Å². The summed E-state index contributed by atoms with van der Waals surface area (Å²) < 4.78 is 1.02. The number of carbonyl (C=O) groups is 2. The first-order valence-electron chi connectivity index (χ1n) is 9.52. The van der Waals surface area contributed by atoms with Crippen molar-refractivity contribution in [3.8, 4) is 0 Å². The summed E-state index contributed by atoms with van der Waals surface area (Å²) in [5, 5.41) is 3.00. The largest absolute Gasteiger partial charge is 0.349 e. The third-order valence-electron chi connectivity index (χ3n) is 5.06. The second-order valence-corrected chi connectivity index (χ2v) is 8.42. The molecule has 0 bridgehead atoms. The minimum Gasteiger partial charge on any atom is -0.349 e. The van der Waals surface area contributed by atoms with Gasteiger partial charge in [-0.15, -0.1) is 0 Å². The van der Waals surface area contributed by atoms with Crippen LogP contribution >= 0.6 is 15.9 Å². The molecule has 2 aliphatic rings. The monoisotopic (exact) mass is 426 g/mol. The number of nitrogens with one attached hydrogen (secondary N) is 1. The van der Waals surface area contributed by atoms with E-state index in [0.717, 1.165) is 41.3 Å². The lowest BCUT2D eigenvalue weighted by atomic mass is 10.1. The zero-order valence-electron chi connectivity index (χ0n) is 15.2. The lowest BCUT2D eigenvalue weighted by Gasteiger charge is -2.23. The molecule has 2 aromatic rings. The Bertz CT molecular complexity index is 824. The minimum atomic E-state index is -0.00517. The average molecular weight is 427 g/mol.